The molecule has 3 heterocycles. The lowest BCUT2D eigenvalue weighted by molar-refractivity contribution is -0.855. The number of imide groups is 1. The van der Waals surface area contributed by atoms with Crippen LogP contribution in [0.3, 0.4) is 0 Å². The second-order valence-electron chi connectivity index (χ2n) is 10.2. The van der Waals surface area contributed by atoms with E-state index in [1.165, 1.54) is 13.2 Å². The number of urea groups is 2. The molecule has 220 valence electrons. The van der Waals surface area contributed by atoms with Gasteiger partial charge in [0.05, 0.1) is 43.9 Å². The zero-order chi connectivity index (χ0) is 29.5. The standard InChI is InChI=1S/C28H33F2N5O6/c1-41-16-24-19(15-25(36)37)26(18-6-7-20(29)21(30)14-18)35(28(39)33-24)27(38)32-23(22-4-2-3-11-31-22)8-5-17-9-12-34(40)13-10-17/h2-4,6-7,11,14,17,23,26,34H,5,8-10,12-13,15-16H2,1H3,(H,32,38)(H,33,39)(H,36,37). The number of nitrogens with one attached hydrogen (secondary N) is 3. The summed E-state index contributed by atoms with van der Waals surface area (Å²) in [5.74, 6) is -3.31. The molecule has 4 N–H and O–H groups in total. The largest absolute Gasteiger partial charge is 0.634 e. The number of aliphatic carboxylic acids is 1. The smallest absolute Gasteiger partial charge is 0.330 e. The van der Waals surface area contributed by atoms with Crippen molar-refractivity contribution in [3.8, 4) is 0 Å². The van der Waals surface area contributed by atoms with E-state index in [0.29, 0.717) is 37.5 Å². The van der Waals surface area contributed by atoms with Crippen LogP contribution in [0.2, 0.25) is 0 Å². The molecule has 0 radical (unpaired) electrons. The van der Waals surface area contributed by atoms with E-state index < -0.39 is 48.2 Å². The number of nitrogens with zero attached hydrogens (tertiary/aromatic N) is 2. The fourth-order valence-corrected chi connectivity index (χ4v) is 5.37. The summed E-state index contributed by atoms with van der Waals surface area (Å²) >= 11 is 0. The predicted octanol–water partition coefficient (Wildman–Crippen LogP) is 2.83. The number of halogens is 2. The van der Waals surface area contributed by atoms with Crippen LogP contribution in [0.4, 0.5) is 18.4 Å². The Bertz CT molecular complexity index is 1290. The molecule has 1 saturated heterocycles. The van der Waals surface area contributed by atoms with Gasteiger partial charge in [0.2, 0.25) is 0 Å². The Morgan fingerprint density at radius 2 is 2.00 bits per heavy atom. The topological polar surface area (TPSA) is 148 Å². The van der Waals surface area contributed by atoms with Gasteiger partial charge in [0, 0.05) is 19.0 Å². The number of ether oxygens (including phenoxy) is 1. The van der Waals surface area contributed by atoms with Gasteiger partial charge in [-0.25, -0.2) is 23.3 Å². The Morgan fingerprint density at radius 3 is 2.63 bits per heavy atom. The molecule has 2 aromatic rings. The Kier molecular flexibility index (Phi) is 9.97. The molecule has 1 aromatic heterocycles. The Hall–Kier alpha value is -3.94. The first-order chi connectivity index (χ1) is 19.7. The molecule has 0 aliphatic carbocycles. The van der Waals surface area contributed by atoms with Gasteiger partial charge in [0.25, 0.3) is 0 Å². The Balaban J connectivity index is 1.68. The second-order valence-corrected chi connectivity index (χ2v) is 10.2. The van der Waals surface area contributed by atoms with Gasteiger partial charge in [0.1, 0.15) is 0 Å². The highest BCUT2D eigenvalue weighted by Gasteiger charge is 2.41. The number of quaternary nitrogens is 1. The number of methoxy groups -OCH3 is 1. The maximum atomic E-state index is 14.3. The molecule has 0 saturated carbocycles. The van der Waals surface area contributed by atoms with E-state index in [1.54, 1.807) is 24.4 Å². The van der Waals surface area contributed by atoms with E-state index in [9.17, 15) is 33.5 Å². The van der Waals surface area contributed by atoms with Crippen LogP contribution in [0.15, 0.2) is 53.9 Å². The highest BCUT2D eigenvalue weighted by atomic mass is 19.2. The Labute approximate surface area is 235 Å². The summed E-state index contributed by atoms with van der Waals surface area (Å²) < 4.78 is 33.3. The monoisotopic (exact) mass is 573 g/mol. The van der Waals surface area contributed by atoms with Crippen molar-refractivity contribution in [1.29, 1.82) is 0 Å². The van der Waals surface area contributed by atoms with Crippen LogP contribution in [0.25, 0.3) is 0 Å². The highest BCUT2D eigenvalue weighted by Crippen LogP contribution is 2.37. The van der Waals surface area contributed by atoms with Gasteiger partial charge in [-0.2, -0.15) is 0 Å². The van der Waals surface area contributed by atoms with Crippen LogP contribution in [0.5, 0.6) is 0 Å². The predicted molar refractivity (Wildman–Crippen MR) is 142 cm³/mol. The lowest BCUT2D eigenvalue weighted by Gasteiger charge is -2.38. The molecule has 41 heavy (non-hydrogen) atoms. The van der Waals surface area contributed by atoms with Gasteiger partial charge in [-0.05, 0) is 67.0 Å². The Morgan fingerprint density at radius 1 is 1.24 bits per heavy atom. The van der Waals surface area contributed by atoms with Crippen molar-refractivity contribution in [2.75, 3.05) is 26.8 Å². The van der Waals surface area contributed by atoms with Crippen LogP contribution in [-0.4, -0.2) is 59.8 Å². The number of carbonyl (C=O) groups excluding carboxylic acids is 2. The third-order valence-electron chi connectivity index (χ3n) is 7.43. The number of aromatic nitrogens is 1. The fraction of sp³-hybridized carbons (Fsp3) is 0.429. The normalized spacial score (nSPS) is 21.8. The molecule has 13 heteroatoms. The van der Waals surface area contributed by atoms with E-state index in [1.807, 2.05) is 0 Å². The number of hydrogen-bond donors (Lipinski definition) is 4. The maximum absolute atomic E-state index is 14.3. The van der Waals surface area contributed by atoms with Crippen molar-refractivity contribution in [2.24, 2.45) is 5.92 Å². The molecule has 2 aliphatic rings. The lowest BCUT2D eigenvalue weighted by Crippen LogP contribution is -3.08. The van der Waals surface area contributed by atoms with Gasteiger partial charge in [0.15, 0.2) is 11.6 Å². The molecule has 2 unspecified atom stereocenters. The number of carboxylic acids is 1. The molecule has 1 fully saturated rings. The van der Waals surface area contributed by atoms with Gasteiger partial charge in [-0.3, -0.25) is 9.78 Å². The maximum Gasteiger partial charge on any atom is 0.330 e. The number of hydroxylamine groups is 2. The summed E-state index contributed by atoms with van der Waals surface area (Å²) in [6.07, 6.45) is 3.68. The first-order valence-corrected chi connectivity index (χ1v) is 13.4. The molecule has 0 spiro atoms. The number of rotatable bonds is 10. The number of carboxylic acid groups (broad SMARTS) is 1. The molecular weight excluding hydrogens is 540 g/mol. The molecule has 0 bridgehead atoms. The van der Waals surface area contributed by atoms with E-state index in [0.717, 1.165) is 29.9 Å². The summed E-state index contributed by atoms with van der Waals surface area (Å²) in [6, 6.07) is 4.41. The average Bonchev–Trinajstić information content (AvgIpc) is 2.95. The van der Waals surface area contributed by atoms with Gasteiger partial charge in [-0.15, -0.1) is 0 Å². The number of hydrogen-bond acceptors (Lipinski definition) is 6. The third kappa shape index (κ3) is 7.43. The molecule has 4 rings (SSSR count). The summed E-state index contributed by atoms with van der Waals surface area (Å²) in [5.41, 5.74) is 0.768. The number of amides is 4. The summed E-state index contributed by atoms with van der Waals surface area (Å²) in [6.45, 7) is 0.875. The summed E-state index contributed by atoms with van der Waals surface area (Å²) in [5, 5.41) is 26.9. The number of carbonyl (C=O) groups is 3. The van der Waals surface area contributed by atoms with Crippen LogP contribution in [0, 0.1) is 22.8 Å². The molecule has 1 aromatic carbocycles. The van der Waals surface area contributed by atoms with Crippen LogP contribution >= 0.6 is 0 Å². The first-order valence-electron chi connectivity index (χ1n) is 13.4. The van der Waals surface area contributed by atoms with Crippen LogP contribution in [0.1, 0.15) is 55.4 Å². The quantitative estimate of drug-likeness (QED) is 0.320. The second kappa shape index (κ2) is 13.6. The van der Waals surface area contributed by atoms with Crippen LogP contribution < -0.4 is 15.7 Å². The molecule has 2 aliphatic heterocycles. The molecule has 11 nitrogen and oxygen atoms in total. The summed E-state index contributed by atoms with van der Waals surface area (Å²) in [4.78, 5) is 44.2. The average molecular weight is 574 g/mol. The van der Waals surface area contributed by atoms with Crippen molar-refractivity contribution in [3.63, 3.8) is 0 Å². The first kappa shape index (κ1) is 30.0. The summed E-state index contributed by atoms with van der Waals surface area (Å²) in [7, 11) is 1.35. The van der Waals surface area contributed by atoms with Gasteiger partial charge in [-0.1, -0.05) is 12.1 Å². The highest BCUT2D eigenvalue weighted by molar-refractivity contribution is 5.97. The van der Waals surface area contributed by atoms with E-state index >= 15 is 0 Å². The van der Waals surface area contributed by atoms with Crippen molar-refractivity contribution < 1.29 is 38.1 Å². The number of piperidine rings is 1. The zero-order valence-corrected chi connectivity index (χ0v) is 22.6. The minimum absolute atomic E-state index is 0.0139. The number of benzene rings is 1. The minimum atomic E-state index is -1.35. The van der Waals surface area contributed by atoms with Crippen molar-refractivity contribution in [1.82, 2.24) is 20.5 Å². The van der Waals surface area contributed by atoms with Gasteiger partial charge < -0.3 is 30.7 Å². The fourth-order valence-electron chi connectivity index (χ4n) is 5.37. The van der Waals surface area contributed by atoms with E-state index in [2.05, 4.69) is 15.6 Å². The van der Waals surface area contributed by atoms with Crippen molar-refractivity contribution in [2.45, 2.75) is 44.2 Å². The number of pyridine rings is 1. The lowest BCUT2D eigenvalue weighted by atomic mass is 9.90. The molecule has 2 atom stereocenters. The third-order valence-corrected chi connectivity index (χ3v) is 7.43. The van der Waals surface area contributed by atoms with Crippen LogP contribution in [-0.2, 0) is 9.53 Å². The van der Waals surface area contributed by atoms with E-state index in [4.69, 9.17) is 4.74 Å². The molecular formula is C28H33F2N5O6. The SMILES string of the molecule is COCC1=C(CC(=O)O)C(c2ccc(F)c(F)c2)N(C(=O)NC(CCC2CC[NH+]([O-])CC2)c2ccccn2)C(=O)N1. The zero-order valence-electron chi connectivity index (χ0n) is 22.6. The van der Waals surface area contributed by atoms with E-state index in [-0.39, 0.29) is 28.5 Å². The van der Waals surface area contributed by atoms with Crippen molar-refractivity contribution in [3.05, 3.63) is 82.0 Å². The molecule has 4 amide bonds. The van der Waals surface area contributed by atoms with Gasteiger partial charge >= 0.3 is 18.0 Å². The van der Waals surface area contributed by atoms with Crippen molar-refractivity contribution >= 4 is 18.0 Å². The minimum Gasteiger partial charge on any atom is -0.634 e.